The van der Waals surface area contributed by atoms with Crippen LogP contribution in [0.25, 0.3) is 50.0 Å². The van der Waals surface area contributed by atoms with Gasteiger partial charge < -0.3 is 10.5 Å². The summed E-state index contributed by atoms with van der Waals surface area (Å²) in [6.45, 7) is 3.44. The van der Waals surface area contributed by atoms with E-state index in [1.165, 1.54) is 59.1 Å². The van der Waals surface area contributed by atoms with Crippen molar-refractivity contribution in [3.05, 3.63) is 118 Å². The highest BCUT2D eigenvalue weighted by molar-refractivity contribution is 7.85. The summed E-state index contributed by atoms with van der Waals surface area (Å²) in [4.78, 5) is 27.5. The molecular weight excluding hydrogens is 704 g/mol. The Morgan fingerprint density at radius 1 is 0.961 bits per heavy atom. The maximum Gasteiger partial charge on any atom is 0.294 e. The molecule has 16 heteroatoms. The second kappa shape index (κ2) is 12.5. The van der Waals surface area contributed by atoms with Crippen molar-refractivity contribution in [1.82, 2.24) is 29.3 Å². The number of hydrogen-bond acceptors (Lipinski definition) is 9. The summed E-state index contributed by atoms with van der Waals surface area (Å²) >= 11 is 6.78. The van der Waals surface area contributed by atoms with E-state index < -0.39 is 33.4 Å². The molecule has 0 amide bonds. The molecule has 258 valence electrons. The smallest absolute Gasteiger partial charge is 0.294 e. The summed E-state index contributed by atoms with van der Waals surface area (Å²) in [5.74, 6) is -2.64. The topological polar surface area (TPSA) is 168 Å². The number of anilines is 1. The van der Waals surface area contributed by atoms with Gasteiger partial charge in [0.05, 0.1) is 39.0 Å². The van der Waals surface area contributed by atoms with Crippen molar-refractivity contribution >= 4 is 49.5 Å². The van der Waals surface area contributed by atoms with Gasteiger partial charge in [-0.2, -0.15) is 17.9 Å². The van der Waals surface area contributed by atoms with E-state index in [1.54, 1.807) is 50.2 Å². The lowest BCUT2D eigenvalue weighted by Crippen LogP contribution is -2.28. The van der Waals surface area contributed by atoms with Gasteiger partial charge in [-0.3, -0.25) is 13.9 Å². The molecule has 0 fully saturated rings. The van der Waals surface area contributed by atoms with Crippen molar-refractivity contribution in [3.63, 3.8) is 0 Å². The SMILES string of the molecule is COc1ccc(-c2nn([C@@H](C)c3nc4cc(-c5cc(S(=O)(=O)O)ccc5C)cc(Cl)c4c(=O)n3-c3ccccc3)c3ncnc(N)c23)c(F)c1F. The van der Waals surface area contributed by atoms with Gasteiger partial charge in [-0.15, -0.1) is 0 Å². The van der Waals surface area contributed by atoms with E-state index in [-0.39, 0.29) is 60.5 Å². The highest BCUT2D eigenvalue weighted by Crippen LogP contribution is 2.38. The summed E-state index contributed by atoms with van der Waals surface area (Å²) in [6.07, 6.45) is 1.20. The molecule has 0 unspecified atom stereocenters. The summed E-state index contributed by atoms with van der Waals surface area (Å²) in [6, 6.07) is 17.6. The van der Waals surface area contributed by atoms with E-state index in [1.807, 2.05) is 0 Å². The monoisotopic (exact) mass is 729 g/mol. The van der Waals surface area contributed by atoms with E-state index in [0.29, 0.717) is 22.4 Å². The molecule has 1 atom stereocenters. The number of halogens is 3. The molecule has 3 N–H and O–H groups in total. The van der Waals surface area contributed by atoms with Crippen LogP contribution in [-0.2, 0) is 10.1 Å². The molecule has 0 saturated heterocycles. The Labute approximate surface area is 293 Å². The second-order valence-corrected chi connectivity index (χ2v) is 13.4. The van der Waals surface area contributed by atoms with Gasteiger partial charge in [0.1, 0.15) is 29.7 Å². The number of fused-ring (bicyclic) bond motifs is 2. The molecule has 4 aromatic carbocycles. The van der Waals surface area contributed by atoms with Gasteiger partial charge in [-0.05, 0) is 79.1 Å². The van der Waals surface area contributed by atoms with Crippen LogP contribution in [0.4, 0.5) is 14.6 Å². The van der Waals surface area contributed by atoms with Crippen LogP contribution >= 0.6 is 11.6 Å². The largest absolute Gasteiger partial charge is 0.494 e. The molecule has 12 nitrogen and oxygen atoms in total. The molecule has 51 heavy (non-hydrogen) atoms. The molecule has 7 aromatic rings. The predicted octanol–water partition coefficient (Wildman–Crippen LogP) is 6.55. The fraction of sp³-hybridized carbons (Fsp3) is 0.114. The summed E-state index contributed by atoms with van der Waals surface area (Å²) in [7, 11) is -3.31. The first-order chi connectivity index (χ1) is 24.3. The molecule has 0 bridgehead atoms. The molecule has 0 radical (unpaired) electrons. The fourth-order valence-corrected chi connectivity index (χ4v) is 6.85. The van der Waals surface area contributed by atoms with Crippen molar-refractivity contribution in [2.75, 3.05) is 12.8 Å². The minimum Gasteiger partial charge on any atom is -0.494 e. The third kappa shape index (κ3) is 5.64. The Kier molecular flexibility index (Phi) is 8.28. The zero-order valence-electron chi connectivity index (χ0n) is 27.0. The van der Waals surface area contributed by atoms with Crippen LogP contribution in [-0.4, -0.2) is 49.4 Å². The molecule has 0 spiro atoms. The Bertz CT molecular complexity index is 2720. The molecule has 0 aliphatic carbocycles. The van der Waals surface area contributed by atoms with Crippen LogP contribution < -0.4 is 16.0 Å². The molecule has 0 aliphatic rings. The van der Waals surface area contributed by atoms with Gasteiger partial charge in [0, 0.05) is 5.56 Å². The van der Waals surface area contributed by atoms with E-state index in [0.717, 1.165) is 0 Å². The van der Waals surface area contributed by atoms with Crippen LogP contribution in [0, 0.1) is 18.6 Å². The number of para-hydroxylation sites is 1. The lowest BCUT2D eigenvalue weighted by atomic mass is 9.99. The minimum absolute atomic E-state index is 0.0462. The van der Waals surface area contributed by atoms with Crippen molar-refractivity contribution in [1.29, 1.82) is 0 Å². The number of aryl methyl sites for hydroxylation is 1. The lowest BCUT2D eigenvalue weighted by Gasteiger charge is -2.20. The normalized spacial score (nSPS) is 12.5. The number of aromatic nitrogens is 6. The van der Waals surface area contributed by atoms with Crippen LogP contribution in [0.5, 0.6) is 5.75 Å². The zero-order valence-corrected chi connectivity index (χ0v) is 28.5. The molecular formula is C35H26ClF2N7O5S. The fourth-order valence-electron chi connectivity index (χ4n) is 6.05. The Morgan fingerprint density at radius 2 is 1.71 bits per heavy atom. The number of nitrogen functional groups attached to an aromatic ring is 1. The maximum absolute atomic E-state index is 15.5. The van der Waals surface area contributed by atoms with Crippen LogP contribution in [0.2, 0.25) is 5.02 Å². The average molecular weight is 730 g/mol. The first kappa shape index (κ1) is 33.7. The van der Waals surface area contributed by atoms with Crippen LogP contribution in [0.3, 0.4) is 0 Å². The van der Waals surface area contributed by atoms with Crippen LogP contribution in [0.1, 0.15) is 24.4 Å². The minimum atomic E-state index is -4.52. The Hall–Kier alpha value is -5.77. The van der Waals surface area contributed by atoms with Crippen molar-refractivity contribution in [2.45, 2.75) is 24.8 Å². The average Bonchev–Trinajstić information content (AvgIpc) is 3.49. The number of benzene rings is 4. The van der Waals surface area contributed by atoms with E-state index in [2.05, 4.69) is 15.1 Å². The number of nitrogens with two attached hydrogens (primary N) is 1. The summed E-state index contributed by atoms with van der Waals surface area (Å²) in [5.41, 5.74) is 7.76. The highest BCUT2D eigenvalue weighted by atomic mass is 35.5. The van der Waals surface area contributed by atoms with E-state index in [4.69, 9.17) is 27.1 Å². The van der Waals surface area contributed by atoms with Crippen molar-refractivity contribution in [2.24, 2.45) is 0 Å². The van der Waals surface area contributed by atoms with Gasteiger partial charge in [-0.25, -0.2) is 24.0 Å². The number of methoxy groups -OCH3 is 1. The zero-order chi connectivity index (χ0) is 36.4. The van der Waals surface area contributed by atoms with Gasteiger partial charge in [0.25, 0.3) is 15.7 Å². The molecule has 0 saturated carbocycles. The number of ether oxygens (including phenoxy) is 1. The van der Waals surface area contributed by atoms with E-state index >= 15 is 4.39 Å². The summed E-state index contributed by atoms with van der Waals surface area (Å²) < 4.78 is 71.7. The Morgan fingerprint density at radius 3 is 2.41 bits per heavy atom. The predicted molar refractivity (Wildman–Crippen MR) is 188 cm³/mol. The quantitative estimate of drug-likeness (QED) is 0.172. The summed E-state index contributed by atoms with van der Waals surface area (Å²) in [5, 5.41) is 4.92. The second-order valence-electron chi connectivity index (χ2n) is 11.6. The number of hydrogen-bond donors (Lipinski definition) is 2. The van der Waals surface area contributed by atoms with Crippen molar-refractivity contribution in [3.8, 4) is 33.8 Å². The third-order valence-electron chi connectivity index (χ3n) is 8.56. The number of rotatable bonds is 7. The van der Waals surface area contributed by atoms with Gasteiger partial charge in [-0.1, -0.05) is 35.9 Å². The standard InChI is InChI=1S/C35H26ClF2N7O5S/c1-17-9-10-21(51(47,48)49)15-23(17)19-13-24(36)27-25(14-19)42-33(44(35(27)46)20-7-5-4-6-8-20)18(2)45-34-28(32(39)40-16-41-34)31(43-45)22-11-12-26(50-3)30(38)29(22)37/h4-16,18H,1-3H3,(H2,39,40,41)(H,47,48,49)/t18-/m0/s1. The third-order valence-corrected chi connectivity index (χ3v) is 9.71. The highest BCUT2D eigenvalue weighted by Gasteiger charge is 2.28. The van der Waals surface area contributed by atoms with Crippen molar-refractivity contribution < 1.29 is 26.5 Å². The number of nitrogens with zero attached hydrogens (tertiary/aromatic N) is 6. The molecule has 3 heterocycles. The van der Waals surface area contributed by atoms with Crippen LogP contribution in [0.15, 0.2) is 88.8 Å². The maximum atomic E-state index is 15.5. The molecule has 0 aliphatic heterocycles. The molecule has 7 rings (SSSR count). The van der Waals surface area contributed by atoms with Gasteiger partial charge >= 0.3 is 0 Å². The lowest BCUT2D eigenvalue weighted by molar-refractivity contribution is 0.372. The molecule has 3 aromatic heterocycles. The first-order valence-electron chi connectivity index (χ1n) is 15.2. The van der Waals surface area contributed by atoms with E-state index in [9.17, 15) is 22.2 Å². The Balaban J connectivity index is 1.51. The first-order valence-corrected chi connectivity index (χ1v) is 17.0. The van der Waals surface area contributed by atoms with Gasteiger partial charge in [0.2, 0.25) is 5.82 Å². The van der Waals surface area contributed by atoms with Gasteiger partial charge in [0.15, 0.2) is 17.2 Å².